The van der Waals surface area contributed by atoms with Crippen molar-refractivity contribution in [2.24, 2.45) is 0 Å². The molecule has 10 heteroatoms. The highest BCUT2D eigenvalue weighted by molar-refractivity contribution is 7.98. The lowest BCUT2D eigenvalue weighted by Gasteiger charge is -2.24. The maximum Gasteiger partial charge on any atom is 0.328 e. The molecule has 0 spiro atoms. The number of carbonyl (C=O) groups is 2. The van der Waals surface area contributed by atoms with E-state index >= 15 is 0 Å². The highest BCUT2D eigenvalue weighted by Gasteiger charge is 2.22. The molecule has 0 bridgehead atoms. The van der Waals surface area contributed by atoms with E-state index in [1.54, 1.807) is 24.2 Å². The number of hydrogen-bond donors (Lipinski definition) is 1. The second kappa shape index (κ2) is 16.1. The van der Waals surface area contributed by atoms with Crippen molar-refractivity contribution in [3.05, 3.63) is 124 Å². The number of esters is 1. The molecule has 1 N–H and O–H groups in total. The van der Waals surface area contributed by atoms with Gasteiger partial charge in [0.15, 0.2) is 0 Å². The fourth-order valence-corrected chi connectivity index (χ4v) is 5.25. The summed E-state index contributed by atoms with van der Waals surface area (Å²) in [5.74, 6) is -0.0798. The second-order valence-corrected chi connectivity index (χ2v) is 11.3. The smallest absolute Gasteiger partial charge is 0.328 e. The van der Waals surface area contributed by atoms with Gasteiger partial charge in [0.25, 0.3) is 5.91 Å². The third kappa shape index (κ3) is 9.05. The molecule has 0 unspecified atom stereocenters. The Morgan fingerprint density at radius 2 is 1.61 bits per heavy atom. The predicted molar refractivity (Wildman–Crippen MR) is 169 cm³/mol. The predicted octanol–water partition coefficient (Wildman–Crippen LogP) is 4.90. The van der Waals surface area contributed by atoms with Gasteiger partial charge in [0, 0.05) is 37.9 Å². The van der Waals surface area contributed by atoms with E-state index in [4.69, 9.17) is 10.00 Å². The molecule has 224 valence electrons. The van der Waals surface area contributed by atoms with Gasteiger partial charge in [-0.2, -0.15) is 22.3 Å². The molecule has 9 nitrogen and oxygen atoms in total. The SMILES string of the molecule is COC(=O)[C@H](CCSC)NC(=O)c1cccc(CN(Cc2ccc(C#N)cc2)Cc2cncn2Cc2ccc(C#N)cc2)c1. The van der Waals surface area contributed by atoms with Crippen LogP contribution in [0.3, 0.4) is 0 Å². The molecule has 0 aliphatic heterocycles. The number of ether oxygens (including phenoxy) is 1. The first-order chi connectivity index (χ1) is 21.4. The van der Waals surface area contributed by atoms with Crippen LogP contribution < -0.4 is 5.32 Å². The molecule has 1 atom stereocenters. The standard InChI is InChI=1S/C34H34N6O3S/c1-43-34(42)32(14-15-44-2)38-33(41)30-5-3-4-29(16-30)21-39(20-27-10-6-25(17-35)7-11-27)23-31-19-37-24-40(31)22-28-12-8-26(18-36)9-13-28/h3-13,16,19,24,32H,14-15,20-23H2,1-2H3,(H,38,41)/t32-/m0/s1. The van der Waals surface area contributed by atoms with Crippen molar-refractivity contribution in [3.63, 3.8) is 0 Å². The highest BCUT2D eigenvalue weighted by Crippen LogP contribution is 2.18. The van der Waals surface area contributed by atoms with Crippen molar-refractivity contribution in [1.29, 1.82) is 10.5 Å². The van der Waals surface area contributed by atoms with Crippen LogP contribution in [-0.2, 0) is 35.7 Å². The quantitative estimate of drug-likeness (QED) is 0.201. The van der Waals surface area contributed by atoms with Crippen LogP contribution in [0.5, 0.6) is 0 Å². The summed E-state index contributed by atoms with van der Waals surface area (Å²) in [7, 11) is 1.32. The van der Waals surface area contributed by atoms with Gasteiger partial charge in [-0.1, -0.05) is 36.4 Å². The van der Waals surface area contributed by atoms with E-state index in [9.17, 15) is 14.9 Å². The first-order valence-corrected chi connectivity index (χ1v) is 15.5. The lowest BCUT2D eigenvalue weighted by molar-refractivity contribution is -0.142. The fourth-order valence-electron chi connectivity index (χ4n) is 4.78. The Hall–Kier alpha value is -4.90. The zero-order valence-electron chi connectivity index (χ0n) is 24.8. The lowest BCUT2D eigenvalue weighted by Crippen LogP contribution is -2.42. The zero-order valence-corrected chi connectivity index (χ0v) is 25.6. The van der Waals surface area contributed by atoms with Crippen molar-refractivity contribution >= 4 is 23.6 Å². The molecule has 44 heavy (non-hydrogen) atoms. The van der Waals surface area contributed by atoms with Crippen LogP contribution >= 0.6 is 11.8 Å². The number of benzene rings is 3. The van der Waals surface area contributed by atoms with E-state index in [2.05, 4.69) is 31.9 Å². The van der Waals surface area contributed by atoms with Crippen LogP contribution in [0.4, 0.5) is 0 Å². The summed E-state index contributed by atoms with van der Waals surface area (Å²) in [6, 6.07) is 26.0. The molecule has 0 saturated heterocycles. The van der Waals surface area contributed by atoms with Crippen LogP contribution in [0.1, 0.15) is 50.3 Å². The minimum atomic E-state index is -0.715. The molecule has 0 saturated carbocycles. The summed E-state index contributed by atoms with van der Waals surface area (Å²) in [4.78, 5) is 32.0. The minimum absolute atomic E-state index is 0.331. The van der Waals surface area contributed by atoms with E-state index in [1.165, 1.54) is 7.11 Å². The second-order valence-electron chi connectivity index (χ2n) is 10.3. The van der Waals surface area contributed by atoms with Crippen LogP contribution in [0.25, 0.3) is 0 Å². The molecule has 0 radical (unpaired) electrons. The maximum absolute atomic E-state index is 13.1. The Morgan fingerprint density at radius 1 is 0.955 bits per heavy atom. The molecule has 4 rings (SSSR count). The van der Waals surface area contributed by atoms with E-state index in [-0.39, 0.29) is 5.91 Å². The topological polar surface area (TPSA) is 124 Å². The Labute approximate surface area is 262 Å². The summed E-state index contributed by atoms with van der Waals surface area (Å²) in [6.07, 6.45) is 6.07. The molecular weight excluding hydrogens is 572 g/mol. The van der Waals surface area contributed by atoms with E-state index in [0.717, 1.165) is 22.4 Å². The van der Waals surface area contributed by atoms with Gasteiger partial charge in [-0.3, -0.25) is 9.69 Å². The zero-order chi connectivity index (χ0) is 31.3. The maximum atomic E-state index is 13.1. The summed E-state index contributed by atoms with van der Waals surface area (Å²) in [5, 5.41) is 21.2. The minimum Gasteiger partial charge on any atom is -0.467 e. The van der Waals surface area contributed by atoms with Crippen molar-refractivity contribution in [2.45, 2.75) is 38.6 Å². The fraction of sp³-hybridized carbons (Fsp3) is 0.265. The molecule has 1 aromatic heterocycles. The normalized spacial score (nSPS) is 11.4. The first kappa shape index (κ1) is 32.0. The average Bonchev–Trinajstić information content (AvgIpc) is 3.49. The van der Waals surface area contributed by atoms with Crippen LogP contribution in [-0.4, -0.2) is 51.5 Å². The number of imidazole rings is 1. The van der Waals surface area contributed by atoms with Gasteiger partial charge in [-0.05, 0) is 71.5 Å². The van der Waals surface area contributed by atoms with Crippen LogP contribution in [0, 0.1) is 22.7 Å². The number of nitriles is 2. The Kier molecular flexibility index (Phi) is 11.7. The van der Waals surface area contributed by atoms with Crippen molar-refractivity contribution in [2.75, 3.05) is 19.1 Å². The van der Waals surface area contributed by atoms with Crippen molar-refractivity contribution in [3.8, 4) is 12.1 Å². The Morgan fingerprint density at radius 3 is 2.25 bits per heavy atom. The first-order valence-electron chi connectivity index (χ1n) is 14.1. The molecule has 0 fully saturated rings. The number of hydrogen-bond acceptors (Lipinski definition) is 8. The number of amides is 1. The summed E-state index contributed by atoms with van der Waals surface area (Å²) < 4.78 is 6.98. The van der Waals surface area contributed by atoms with Gasteiger partial charge >= 0.3 is 5.97 Å². The molecule has 3 aromatic carbocycles. The lowest BCUT2D eigenvalue weighted by atomic mass is 10.1. The molecule has 0 aliphatic carbocycles. The van der Waals surface area contributed by atoms with Gasteiger partial charge in [-0.25, -0.2) is 9.78 Å². The molecule has 0 aliphatic rings. The monoisotopic (exact) mass is 606 g/mol. The van der Waals surface area contributed by atoms with Gasteiger partial charge in [-0.15, -0.1) is 0 Å². The molecular formula is C34H34N6O3S. The third-order valence-electron chi connectivity index (χ3n) is 7.11. The van der Waals surface area contributed by atoms with Gasteiger partial charge in [0.05, 0.1) is 42.4 Å². The molecule has 1 amide bonds. The van der Waals surface area contributed by atoms with Gasteiger partial charge in [0.1, 0.15) is 6.04 Å². The van der Waals surface area contributed by atoms with Crippen molar-refractivity contribution in [1.82, 2.24) is 19.8 Å². The number of thioether (sulfide) groups is 1. The summed E-state index contributed by atoms with van der Waals surface area (Å²) in [6.45, 7) is 2.32. The van der Waals surface area contributed by atoms with Crippen LogP contribution in [0.2, 0.25) is 0 Å². The van der Waals surface area contributed by atoms with Crippen LogP contribution in [0.15, 0.2) is 85.3 Å². The summed E-state index contributed by atoms with van der Waals surface area (Å²) >= 11 is 1.60. The number of aromatic nitrogens is 2. The number of rotatable bonds is 14. The molecule has 1 heterocycles. The number of nitrogens with one attached hydrogen (secondary N) is 1. The van der Waals surface area contributed by atoms with Crippen molar-refractivity contribution < 1.29 is 14.3 Å². The molecule has 4 aromatic rings. The third-order valence-corrected chi connectivity index (χ3v) is 7.75. The largest absolute Gasteiger partial charge is 0.467 e. The summed E-state index contributed by atoms with van der Waals surface area (Å²) in [5.41, 5.74) is 5.72. The Bertz CT molecular complexity index is 1640. The van der Waals surface area contributed by atoms with E-state index in [1.807, 2.05) is 79.2 Å². The number of carbonyl (C=O) groups excluding carboxylic acids is 2. The van der Waals surface area contributed by atoms with E-state index < -0.39 is 12.0 Å². The van der Waals surface area contributed by atoms with E-state index in [0.29, 0.717) is 55.0 Å². The highest BCUT2D eigenvalue weighted by atomic mass is 32.2. The number of nitrogens with zero attached hydrogens (tertiary/aromatic N) is 5. The average molecular weight is 607 g/mol. The van der Waals surface area contributed by atoms with Gasteiger partial charge < -0.3 is 14.6 Å². The number of methoxy groups -OCH3 is 1. The van der Waals surface area contributed by atoms with Gasteiger partial charge in [0.2, 0.25) is 0 Å². The Balaban J connectivity index is 1.54.